The molecule has 1 aliphatic heterocycles. The Balaban J connectivity index is 1.93. The van der Waals surface area contributed by atoms with Gasteiger partial charge in [-0.2, -0.15) is 5.26 Å². The smallest absolute Gasteiger partial charge is 0.349 e. The first-order chi connectivity index (χ1) is 12.1. The van der Waals surface area contributed by atoms with Crippen molar-refractivity contribution >= 4 is 18.0 Å². The van der Waals surface area contributed by atoms with E-state index in [1.807, 2.05) is 6.92 Å². The number of hydrogen-bond donors (Lipinski definition) is 0. The summed E-state index contributed by atoms with van der Waals surface area (Å²) in [7, 11) is 0. The molecule has 0 unspecified atom stereocenters. The molecule has 0 saturated carbocycles. The Labute approximate surface area is 146 Å². The van der Waals surface area contributed by atoms with Crippen LogP contribution in [0.1, 0.15) is 12.5 Å². The number of benzene rings is 1. The fraction of sp³-hybridized carbons (Fsp3) is 0.389. The first-order valence-electron chi connectivity index (χ1n) is 8.01. The van der Waals surface area contributed by atoms with E-state index in [-0.39, 0.29) is 18.1 Å². The van der Waals surface area contributed by atoms with Crippen molar-refractivity contribution < 1.29 is 23.8 Å². The van der Waals surface area contributed by atoms with Crippen LogP contribution in [0.4, 0.5) is 0 Å². The van der Waals surface area contributed by atoms with Gasteiger partial charge in [-0.25, -0.2) is 4.79 Å². The van der Waals surface area contributed by atoms with Crippen LogP contribution in [-0.2, 0) is 19.1 Å². The highest BCUT2D eigenvalue weighted by Gasteiger charge is 2.19. The van der Waals surface area contributed by atoms with Crippen LogP contribution in [0.3, 0.4) is 0 Å². The van der Waals surface area contributed by atoms with E-state index in [4.69, 9.17) is 19.5 Å². The summed E-state index contributed by atoms with van der Waals surface area (Å²) in [6.45, 7) is 3.95. The first-order valence-corrected chi connectivity index (χ1v) is 8.01. The number of amides is 1. The van der Waals surface area contributed by atoms with Gasteiger partial charge in [0.2, 0.25) is 0 Å². The van der Waals surface area contributed by atoms with Gasteiger partial charge in [0.15, 0.2) is 6.61 Å². The maximum absolute atomic E-state index is 12.0. The van der Waals surface area contributed by atoms with Crippen LogP contribution in [-0.4, -0.2) is 56.3 Å². The molecule has 7 nitrogen and oxygen atoms in total. The fourth-order valence-corrected chi connectivity index (χ4v) is 2.24. The Morgan fingerprint density at radius 3 is 2.56 bits per heavy atom. The molecule has 0 N–H and O–H groups in total. The average Bonchev–Trinajstić information content (AvgIpc) is 2.66. The molecule has 1 saturated heterocycles. The van der Waals surface area contributed by atoms with Gasteiger partial charge in [0, 0.05) is 13.1 Å². The van der Waals surface area contributed by atoms with E-state index in [0.717, 1.165) is 0 Å². The van der Waals surface area contributed by atoms with Crippen LogP contribution < -0.4 is 4.74 Å². The van der Waals surface area contributed by atoms with E-state index in [1.165, 1.54) is 6.08 Å². The van der Waals surface area contributed by atoms with E-state index in [1.54, 1.807) is 35.2 Å². The lowest BCUT2D eigenvalue weighted by Crippen LogP contribution is -2.42. The number of esters is 1. The van der Waals surface area contributed by atoms with Gasteiger partial charge in [-0.05, 0) is 30.7 Å². The van der Waals surface area contributed by atoms with E-state index in [9.17, 15) is 9.59 Å². The lowest BCUT2D eigenvalue weighted by atomic mass is 10.1. The maximum atomic E-state index is 12.0. The van der Waals surface area contributed by atoms with Crippen molar-refractivity contribution in [1.82, 2.24) is 4.90 Å². The summed E-state index contributed by atoms with van der Waals surface area (Å²) in [5, 5.41) is 9.15. The second kappa shape index (κ2) is 9.45. The third-order valence-electron chi connectivity index (χ3n) is 3.53. The molecule has 0 spiro atoms. The monoisotopic (exact) mass is 344 g/mol. The predicted molar refractivity (Wildman–Crippen MR) is 89.6 cm³/mol. The van der Waals surface area contributed by atoms with Crippen LogP contribution in [0.15, 0.2) is 29.8 Å². The number of rotatable bonds is 6. The van der Waals surface area contributed by atoms with Gasteiger partial charge in [-0.1, -0.05) is 12.1 Å². The highest BCUT2D eigenvalue weighted by atomic mass is 16.5. The standard InChI is InChI=1S/C18H20N2O5/c1-2-24-16-5-3-14(4-6-16)11-15(12-19)18(22)25-13-17(21)20-7-9-23-10-8-20/h3-6,11H,2,7-10,13H2,1H3/b15-11+. The van der Waals surface area contributed by atoms with Crippen LogP contribution in [0, 0.1) is 11.3 Å². The Kier molecular flexibility index (Phi) is 6.99. The van der Waals surface area contributed by atoms with Gasteiger partial charge in [0.25, 0.3) is 5.91 Å². The summed E-state index contributed by atoms with van der Waals surface area (Å²) in [6, 6.07) is 8.76. The molecule has 0 aliphatic carbocycles. The number of morpholine rings is 1. The molecule has 1 aromatic rings. The lowest BCUT2D eigenvalue weighted by Gasteiger charge is -2.26. The molecule has 1 heterocycles. The molecule has 0 atom stereocenters. The minimum absolute atomic E-state index is 0.168. The Hall–Kier alpha value is -2.85. The van der Waals surface area contributed by atoms with Crippen molar-refractivity contribution in [1.29, 1.82) is 5.26 Å². The second-order valence-corrected chi connectivity index (χ2v) is 5.24. The third-order valence-corrected chi connectivity index (χ3v) is 3.53. The molecule has 0 radical (unpaired) electrons. The predicted octanol–water partition coefficient (Wildman–Crippen LogP) is 1.39. The summed E-state index contributed by atoms with van der Waals surface area (Å²) < 4.78 is 15.5. The number of nitrogens with zero attached hydrogens (tertiary/aromatic N) is 2. The van der Waals surface area contributed by atoms with Gasteiger partial charge in [0.1, 0.15) is 17.4 Å². The van der Waals surface area contributed by atoms with Crippen molar-refractivity contribution in [2.24, 2.45) is 0 Å². The molecule has 1 aromatic carbocycles. The first kappa shape index (κ1) is 18.5. The molecule has 25 heavy (non-hydrogen) atoms. The van der Waals surface area contributed by atoms with Crippen molar-refractivity contribution in [2.45, 2.75) is 6.92 Å². The van der Waals surface area contributed by atoms with Crippen LogP contribution in [0.25, 0.3) is 6.08 Å². The molecule has 2 rings (SSSR count). The van der Waals surface area contributed by atoms with E-state index in [0.29, 0.717) is 44.2 Å². The summed E-state index contributed by atoms with van der Waals surface area (Å²) in [5.74, 6) is -0.412. The zero-order chi connectivity index (χ0) is 18.1. The topological polar surface area (TPSA) is 88.9 Å². The van der Waals surface area contributed by atoms with Gasteiger partial charge >= 0.3 is 5.97 Å². The summed E-state index contributed by atoms with van der Waals surface area (Å²) in [5.41, 5.74) is 0.496. The number of ether oxygens (including phenoxy) is 3. The van der Waals surface area contributed by atoms with Crippen LogP contribution in [0.5, 0.6) is 5.75 Å². The molecule has 0 bridgehead atoms. The number of carbonyl (C=O) groups is 2. The zero-order valence-corrected chi connectivity index (χ0v) is 14.1. The van der Waals surface area contributed by atoms with Crippen molar-refractivity contribution in [3.8, 4) is 11.8 Å². The fourth-order valence-electron chi connectivity index (χ4n) is 2.24. The molecular formula is C18H20N2O5. The van der Waals surface area contributed by atoms with Gasteiger partial charge < -0.3 is 19.1 Å². The molecular weight excluding hydrogens is 324 g/mol. The molecule has 132 valence electrons. The second-order valence-electron chi connectivity index (χ2n) is 5.24. The van der Waals surface area contributed by atoms with Crippen molar-refractivity contribution in [3.05, 3.63) is 35.4 Å². The lowest BCUT2D eigenvalue weighted by molar-refractivity contribution is -0.150. The van der Waals surface area contributed by atoms with Crippen LogP contribution >= 0.6 is 0 Å². The molecule has 1 aliphatic rings. The van der Waals surface area contributed by atoms with Crippen molar-refractivity contribution in [2.75, 3.05) is 39.5 Å². The summed E-state index contributed by atoms with van der Waals surface area (Å²) in [4.78, 5) is 25.5. The summed E-state index contributed by atoms with van der Waals surface area (Å²) >= 11 is 0. The largest absolute Gasteiger partial charge is 0.494 e. The third kappa shape index (κ3) is 5.62. The van der Waals surface area contributed by atoms with Gasteiger partial charge in [0.05, 0.1) is 19.8 Å². The van der Waals surface area contributed by atoms with E-state index >= 15 is 0 Å². The Morgan fingerprint density at radius 2 is 1.96 bits per heavy atom. The van der Waals surface area contributed by atoms with Gasteiger partial charge in [-0.15, -0.1) is 0 Å². The maximum Gasteiger partial charge on any atom is 0.349 e. The highest BCUT2D eigenvalue weighted by molar-refractivity contribution is 5.98. The average molecular weight is 344 g/mol. The minimum Gasteiger partial charge on any atom is -0.494 e. The highest BCUT2D eigenvalue weighted by Crippen LogP contribution is 2.15. The quantitative estimate of drug-likeness (QED) is 0.440. The van der Waals surface area contributed by atoms with E-state index < -0.39 is 5.97 Å². The Bertz CT molecular complexity index is 670. The SMILES string of the molecule is CCOc1ccc(/C=C(\C#N)C(=O)OCC(=O)N2CCOCC2)cc1. The number of carbonyl (C=O) groups excluding carboxylic acids is 2. The number of nitriles is 1. The van der Waals surface area contributed by atoms with Gasteiger partial charge in [-0.3, -0.25) is 4.79 Å². The van der Waals surface area contributed by atoms with Crippen molar-refractivity contribution in [3.63, 3.8) is 0 Å². The number of hydrogen-bond acceptors (Lipinski definition) is 6. The summed E-state index contributed by atoms with van der Waals surface area (Å²) in [6.07, 6.45) is 1.41. The molecule has 0 aromatic heterocycles. The Morgan fingerprint density at radius 1 is 1.28 bits per heavy atom. The molecule has 1 fully saturated rings. The van der Waals surface area contributed by atoms with E-state index in [2.05, 4.69) is 0 Å². The van der Waals surface area contributed by atoms with Crippen LogP contribution in [0.2, 0.25) is 0 Å². The minimum atomic E-state index is -0.821. The normalized spacial score (nSPS) is 14.6. The molecule has 1 amide bonds. The molecule has 7 heteroatoms. The zero-order valence-electron chi connectivity index (χ0n) is 14.1.